The highest BCUT2D eigenvalue weighted by molar-refractivity contribution is 14.1. The Balaban J connectivity index is 2.15. The molecule has 1 aromatic rings. The minimum absolute atomic E-state index is 0.163. The van der Waals surface area contributed by atoms with Crippen LogP contribution in [0.4, 0.5) is 0 Å². The van der Waals surface area contributed by atoms with Crippen LogP contribution in [0.25, 0.3) is 0 Å². The van der Waals surface area contributed by atoms with Crippen LogP contribution < -0.4 is 0 Å². The van der Waals surface area contributed by atoms with Crippen molar-refractivity contribution in [1.82, 2.24) is 0 Å². The van der Waals surface area contributed by atoms with Gasteiger partial charge in [0, 0.05) is 8.90 Å². The van der Waals surface area contributed by atoms with E-state index in [1.807, 2.05) is 6.07 Å². The van der Waals surface area contributed by atoms with Crippen LogP contribution in [-0.2, 0) is 10.3 Å². The molecule has 0 saturated heterocycles. The molecule has 0 bridgehead atoms. The monoisotopic (exact) mass is 394 g/mol. The summed E-state index contributed by atoms with van der Waals surface area (Å²) in [6, 6.07) is 8.35. The van der Waals surface area contributed by atoms with Gasteiger partial charge in [-0.3, -0.25) is 0 Å². The van der Waals surface area contributed by atoms with E-state index >= 15 is 0 Å². The van der Waals surface area contributed by atoms with E-state index in [4.69, 9.17) is 4.74 Å². The fraction of sp³-hybridized carbons (Fsp3) is 0.538. The SMILES string of the molecule is CC(CI)(OCC1CC1)c1ccccc1Br. The minimum atomic E-state index is -0.163. The predicted molar refractivity (Wildman–Crippen MR) is 79.1 cm³/mol. The highest BCUT2D eigenvalue weighted by Gasteiger charge is 2.31. The maximum Gasteiger partial charge on any atom is 0.100 e. The van der Waals surface area contributed by atoms with Gasteiger partial charge in [-0.2, -0.15) is 0 Å². The van der Waals surface area contributed by atoms with Gasteiger partial charge in [0.1, 0.15) is 5.60 Å². The van der Waals surface area contributed by atoms with Crippen molar-refractivity contribution in [2.24, 2.45) is 5.92 Å². The fourth-order valence-electron chi connectivity index (χ4n) is 1.66. The maximum atomic E-state index is 6.13. The molecule has 1 fully saturated rings. The maximum absolute atomic E-state index is 6.13. The lowest BCUT2D eigenvalue weighted by Crippen LogP contribution is -2.29. The van der Waals surface area contributed by atoms with Crippen molar-refractivity contribution < 1.29 is 4.74 Å². The van der Waals surface area contributed by atoms with E-state index in [-0.39, 0.29) is 5.60 Å². The zero-order chi connectivity index (χ0) is 11.6. The highest BCUT2D eigenvalue weighted by atomic mass is 127. The number of alkyl halides is 1. The molecule has 1 atom stereocenters. The van der Waals surface area contributed by atoms with Crippen LogP contribution in [0, 0.1) is 5.92 Å². The standard InChI is InChI=1S/C13H16BrIO/c1-13(9-15,16-8-10-6-7-10)11-4-2-3-5-12(11)14/h2-5,10H,6-9H2,1H3. The van der Waals surface area contributed by atoms with Crippen LogP contribution in [0.3, 0.4) is 0 Å². The first-order valence-corrected chi connectivity index (χ1v) is 7.92. The Kier molecular flexibility index (Phi) is 4.30. The summed E-state index contributed by atoms with van der Waals surface area (Å²) < 4.78 is 8.25. The number of benzene rings is 1. The minimum Gasteiger partial charge on any atom is -0.369 e. The normalized spacial score (nSPS) is 19.4. The van der Waals surface area contributed by atoms with Crippen molar-refractivity contribution in [3.63, 3.8) is 0 Å². The molecule has 1 aliphatic carbocycles. The summed E-state index contributed by atoms with van der Waals surface area (Å²) in [6.45, 7) is 3.09. The summed E-state index contributed by atoms with van der Waals surface area (Å²) in [7, 11) is 0. The average molecular weight is 395 g/mol. The van der Waals surface area contributed by atoms with Crippen LogP contribution in [-0.4, -0.2) is 11.0 Å². The second-order valence-corrected chi connectivity index (χ2v) is 6.22. The summed E-state index contributed by atoms with van der Waals surface area (Å²) in [5.41, 5.74) is 1.09. The number of ether oxygens (including phenoxy) is 1. The van der Waals surface area contributed by atoms with Gasteiger partial charge >= 0.3 is 0 Å². The predicted octanol–water partition coefficient (Wildman–Crippen LogP) is 4.53. The van der Waals surface area contributed by atoms with Crippen molar-refractivity contribution in [3.05, 3.63) is 34.3 Å². The molecule has 0 spiro atoms. The first-order valence-electron chi connectivity index (χ1n) is 5.60. The first kappa shape index (κ1) is 12.8. The Hall–Kier alpha value is 0.390. The van der Waals surface area contributed by atoms with E-state index in [1.54, 1.807) is 0 Å². The fourth-order valence-corrected chi connectivity index (χ4v) is 3.00. The molecular formula is C13H16BrIO. The molecule has 3 heteroatoms. The molecule has 16 heavy (non-hydrogen) atoms. The number of rotatable bonds is 5. The van der Waals surface area contributed by atoms with Gasteiger partial charge in [-0.05, 0) is 37.3 Å². The van der Waals surface area contributed by atoms with Crippen LogP contribution in [0.2, 0.25) is 0 Å². The van der Waals surface area contributed by atoms with Gasteiger partial charge in [-0.1, -0.05) is 56.7 Å². The van der Waals surface area contributed by atoms with Gasteiger partial charge in [-0.15, -0.1) is 0 Å². The molecule has 0 radical (unpaired) electrons. The Labute approximate surface area is 119 Å². The third-order valence-corrected chi connectivity index (χ3v) is 5.18. The van der Waals surface area contributed by atoms with Crippen LogP contribution in [0.15, 0.2) is 28.7 Å². The Morgan fingerprint density at radius 3 is 2.69 bits per heavy atom. The summed E-state index contributed by atoms with van der Waals surface area (Å²) in [5.74, 6) is 0.810. The molecular weight excluding hydrogens is 379 g/mol. The molecule has 1 nitrogen and oxygen atoms in total. The number of hydrogen-bond acceptors (Lipinski definition) is 1. The Morgan fingerprint density at radius 2 is 2.12 bits per heavy atom. The first-order chi connectivity index (χ1) is 7.65. The van der Waals surface area contributed by atoms with Crippen molar-refractivity contribution in [3.8, 4) is 0 Å². The molecule has 0 aliphatic heterocycles. The lowest BCUT2D eigenvalue weighted by Gasteiger charge is -2.29. The molecule has 1 unspecified atom stereocenters. The summed E-state index contributed by atoms with van der Waals surface area (Å²) in [5, 5.41) is 0. The summed E-state index contributed by atoms with van der Waals surface area (Å²) >= 11 is 6.02. The zero-order valence-corrected chi connectivity index (χ0v) is 13.1. The smallest absolute Gasteiger partial charge is 0.100 e. The third kappa shape index (κ3) is 2.99. The number of halogens is 2. The largest absolute Gasteiger partial charge is 0.369 e. The van der Waals surface area contributed by atoms with E-state index < -0.39 is 0 Å². The van der Waals surface area contributed by atoms with Crippen molar-refractivity contribution in [2.75, 3.05) is 11.0 Å². The zero-order valence-electron chi connectivity index (χ0n) is 9.38. The molecule has 0 heterocycles. The summed E-state index contributed by atoms with van der Waals surface area (Å²) in [6.07, 6.45) is 2.68. The molecule has 88 valence electrons. The van der Waals surface area contributed by atoms with Crippen LogP contribution in [0.5, 0.6) is 0 Å². The molecule has 2 rings (SSSR count). The van der Waals surface area contributed by atoms with Gasteiger partial charge in [0.15, 0.2) is 0 Å². The summed E-state index contributed by atoms with van der Waals surface area (Å²) in [4.78, 5) is 0. The van der Waals surface area contributed by atoms with E-state index in [1.165, 1.54) is 18.4 Å². The molecule has 1 aliphatic rings. The van der Waals surface area contributed by atoms with E-state index in [9.17, 15) is 0 Å². The second kappa shape index (κ2) is 5.36. The van der Waals surface area contributed by atoms with E-state index in [2.05, 4.69) is 63.6 Å². The molecule has 0 amide bonds. The van der Waals surface area contributed by atoms with Gasteiger partial charge in [-0.25, -0.2) is 0 Å². The lowest BCUT2D eigenvalue weighted by molar-refractivity contribution is -0.0217. The van der Waals surface area contributed by atoms with Crippen LogP contribution >= 0.6 is 38.5 Å². The Morgan fingerprint density at radius 1 is 1.44 bits per heavy atom. The van der Waals surface area contributed by atoms with Gasteiger partial charge in [0.05, 0.1) is 6.61 Å². The van der Waals surface area contributed by atoms with Crippen molar-refractivity contribution in [2.45, 2.75) is 25.4 Å². The van der Waals surface area contributed by atoms with Gasteiger partial charge < -0.3 is 4.74 Å². The lowest BCUT2D eigenvalue weighted by atomic mass is 9.98. The average Bonchev–Trinajstić information content (AvgIpc) is 3.10. The molecule has 0 aromatic heterocycles. The van der Waals surface area contributed by atoms with Gasteiger partial charge in [0.2, 0.25) is 0 Å². The Bertz CT molecular complexity index is 365. The van der Waals surface area contributed by atoms with E-state index in [0.717, 1.165) is 21.4 Å². The van der Waals surface area contributed by atoms with Crippen molar-refractivity contribution >= 4 is 38.5 Å². The van der Waals surface area contributed by atoms with Crippen LogP contribution in [0.1, 0.15) is 25.3 Å². The third-order valence-electron chi connectivity index (χ3n) is 3.03. The van der Waals surface area contributed by atoms with Gasteiger partial charge in [0.25, 0.3) is 0 Å². The highest BCUT2D eigenvalue weighted by Crippen LogP contribution is 2.36. The number of hydrogen-bond donors (Lipinski definition) is 0. The molecule has 0 N–H and O–H groups in total. The topological polar surface area (TPSA) is 9.23 Å². The van der Waals surface area contributed by atoms with Crippen molar-refractivity contribution in [1.29, 1.82) is 0 Å². The molecule has 1 aromatic carbocycles. The molecule has 1 saturated carbocycles. The quantitative estimate of drug-likeness (QED) is 0.526. The second-order valence-electron chi connectivity index (χ2n) is 4.60. The van der Waals surface area contributed by atoms with E-state index in [0.29, 0.717) is 0 Å².